The van der Waals surface area contributed by atoms with Gasteiger partial charge in [0.05, 0.1) is 18.9 Å². The van der Waals surface area contributed by atoms with Crippen molar-refractivity contribution in [2.45, 2.75) is 0 Å². The number of nitrogens with zero attached hydrogens (tertiary/aromatic N) is 1. The van der Waals surface area contributed by atoms with Crippen molar-refractivity contribution in [2.75, 3.05) is 31.2 Å². The Hall–Kier alpha value is -1.48. The van der Waals surface area contributed by atoms with E-state index in [0.29, 0.717) is 0 Å². The van der Waals surface area contributed by atoms with Gasteiger partial charge in [-0.15, -0.1) is 0 Å². The summed E-state index contributed by atoms with van der Waals surface area (Å²) in [5.74, 6) is 0. The molecule has 1 aromatic carbocycles. The average Bonchev–Trinajstić information content (AvgIpc) is 2.74. The average molecular weight is 203 g/mol. The second-order valence-corrected chi connectivity index (χ2v) is 3.72. The van der Waals surface area contributed by atoms with Crippen LogP contribution in [0, 0.1) is 0 Å². The summed E-state index contributed by atoms with van der Waals surface area (Å²) in [6, 6.07) is 8.14. The largest absolute Gasteiger partial charge is 0.462 e. The zero-order valence-corrected chi connectivity index (χ0v) is 8.48. The number of anilines is 1. The lowest BCUT2D eigenvalue weighted by atomic mass is 10.2. The second kappa shape index (κ2) is 3.59. The smallest absolute Gasteiger partial charge is 0.136 e. The highest BCUT2D eigenvalue weighted by Crippen LogP contribution is 2.29. The zero-order valence-electron chi connectivity index (χ0n) is 8.48. The molecule has 2 heterocycles. The predicted octanol–water partition coefficient (Wildman–Crippen LogP) is 2.27. The first kappa shape index (κ1) is 8.80. The van der Waals surface area contributed by atoms with Crippen LogP contribution in [0.4, 0.5) is 5.69 Å². The molecule has 0 bridgehead atoms. The molecule has 15 heavy (non-hydrogen) atoms. The summed E-state index contributed by atoms with van der Waals surface area (Å²) in [4.78, 5) is 2.31. The lowest BCUT2D eigenvalue weighted by molar-refractivity contribution is 0.123. The predicted molar refractivity (Wildman–Crippen MR) is 59.2 cm³/mol. The van der Waals surface area contributed by atoms with Crippen LogP contribution in [0.2, 0.25) is 0 Å². The normalized spacial score (nSPS) is 17.2. The molecule has 0 radical (unpaired) electrons. The van der Waals surface area contributed by atoms with Crippen molar-refractivity contribution in [2.24, 2.45) is 0 Å². The van der Waals surface area contributed by atoms with Gasteiger partial charge in [0.1, 0.15) is 11.8 Å². The molecule has 0 atom stereocenters. The summed E-state index contributed by atoms with van der Waals surface area (Å²) in [6.45, 7) is 3.51. The van der Waals surface area contributed by atoms with Crippen molar-refractivity contribution < 1.29 is 9.15 Å². The number of hydrogen-bond donors (Lipinski definition) is 0. The van der Waals surface area contributed by atoms with Crippen molar-refractivity contribution in [1.29, 1.82) is 0 Å². The van der Waals surface area contributed by atoms with Gasteiger partial charge in [0.25, 0.3) is 0 Å². The zero-order chi connectivity index (χ0) is 10.1. The van der Waals surface area contributed by atoms with E-state index in [1.807, 2.05) is 24.5 Å². The number of fused-ring (bicyclic) bond motifs is 1. The maximum Gasteiger partial charge on any atom is 0.136 e. The minimum atomic E-state index is 0.805. The summed E-state index contributed by atoms with van der Waals surface area (Å²) < 4.78 is 10.9. The SMILES string of the molecule is c1ccc2c(N3CCOCC3)coc2c1. The van der Waals surface area contributed by atoms with Crippen LogP contribution in [-0.2, 0) is 4.74 Å². The lowest BCUT2D eigenvalue weighted by Gasteiger charge is -2.27. The fourth-order valence-electron chi connectivity index (χ4n) is 2.01. The third kappa shape index (κ3) is 1.49. The Kier molecular flexibility index (Phi) is 2.10. The van der Waals surface area contributed by atoms with Gasteiger partial charge < -0.3 is 14.1 Å². The number of rotatable bonds is 1. The molecule has 3 nitrogen and oxygen atoms in total. The summed E-state index contributed by atoms with van der Waals surface area (Å²) >= 11 is 0. The highest BCUT2D eigenvalue weighted by molar-refractivity contribution is 5.90. The van der Waals surface area contributed by atoms with Crippen LogP contribution in [0.15, 0.2) is 34.9 Å². The minimum Gasteiger partial charge on any atom is -0.462 e. The van der Waals surface area contributed by atoms with Crippen LogP contribution < -0.4 is 4.90 Å². The minimum absolute atomic E-state index is 0.805. The molecule has 0 unspecified atom stereocenters. The highest BCUT2D eigenvalue weighted by atomic mass is 16.5. The van der Waals surface area contributed by atoms with E-state index in [1.165, 1.54) is 11.1 Å². The molecule has 2 aromatic rings. The molecule has 3 heteroatoms. The monoisotopic (exact) mass is 203 g/mol. The van der Waals surface area contributed by atoms with E-state index in [-0.39, 0.29) is 0 Å². The summed E-state index contributed by atoms with van der Waals surface area (Å²) in [7, 11) is 0. The molecule has 0 N–H and O–H groups in total. The molecule has 0 amide bonds. The molecule has 0 aliphatic carbocycles. The van der Waals surface area contributed by atoms with Crippen LogP contribution in [0.1, 0.15) is 0 Å². The van der Waals surface area contributed by atoms with Crippen molar-refractivity contribution >= 4 is 16.7 Å². The number of morpholine rings is 1. The number of hydrogen-bond acceptors (Lipinski definition) is 3. The first-order valence-corrected chi connectivity index (χ1v) is 5.24. The first-order valence-electron chi connectivity index (χ1n) is 5.24. The van der Waals surface area contributed by atoms with E-state index in [0.717, 1.165) is 31.9 Å². The van der Waals surface area contributed by atoms with Gasteiger partial charge in [-0.3, -0.25) is 0 Å². The number of para-hydroxylation sites is 1. The molecule has 1 aromatic heterocycles. The van der Waals surface area contributed by atoms with Gasteiger partial charge in [-0.2, -0.15) is 0 Å². The molecular weight excluding hydrogens is 190 g/mol. The molecule has 0 spiro atoms. The maximum absolute atomic E-state index is 5.52. The summed E-state index contributed by atoms with van der Waals surface area (Å²) in [5.41, 5.74) is 2.15. The van der Waals surface area contributed by atoms with E-state index in [1.54, 1.807) is 0 Å². The Bertz CT molecular complexity index is 457. The Morgan fingerprint density at radius 3 is 2.73 bits per heavy atom. The van der Waals surface area contributed by atoms with E-state index >= 15 is 0 Å². The van der Waals surface area contributed by atoms with E-state index < -0.39 is 0 Å². The number of furan rings is 1. The van der Waals surface area contributed by atoms with Crippen molar-refractivity contribution in [1.82, 2.24) is 0 Å². The van der Waals surface area contributed by atoms with Gasteiger partial charge in [-0.25, -0.2) is 0 Å². The molecule has 78 valence electrons. The first-order chi connectivity index (χ1) is 7.45. The van der Waals surface area contributed by atoms with Gasteiger partial charge in [-0.1, -0.05) is 12.1 Å². The van der Waals surface area contributed by atoms with Crippen LogP contribution in [-0.4, -0.2) is 26.3 Å². The molecule has 1 fully saturated rings. The van der Waals surface area contributed by atoms with Gasteiger partial charge in [0.2, 0.25) is 0 Å². The third-order valence-corrected chi connectivity index (χ3v) is 2.81. The summed E-state index contributed by atoms with van der Waals surface area (Å²) in [5, 5.41) is 1.19. The molecule has 1 aliphatic heterocycles. The fourth-order valence-corrected chi connectivity index (χ4v) is 2.01. The second-order valence-electron chi connectivity index (χ2n) is 3.72. The number of benzene rings is 1. The quantitative estimate of drug-likeness (QED) is 0.711. The van der Waals surface area contributed by atoms with Crippen molar-refractivity contribution in [3.63, 3.8) is 0 Å². The van der Waals surface area contributed by atoms with Gasteiger partial charge in [0, 0.05) is 18.5 Å². The van der Waals surface area contributed by atoms with Gasteiger partial charge in [0.15, 0.2) is 0 Å². The van der Waals surface area contributed by atoms with E-state index in [4.69, 9.17) is 9.15 Å². The van der Waals surface area contributed by atoms with Crippen LogP contribution in [0.25, 0.3) is 11.0 Å². The van der Waals surface area contributed by atoms with Crippen molar-refractivity contribution in [3.05, 3.63) is 30.5 Å². The third-order valence-electron chi connectivity index (χ3n) is 2.81. The lowest BCUT2D eigenvalue weighted by Crippen LogP contribution is -2.36. The molecule has 3 rings (SSSR count). The standard InChI is InChI=1S/C12H13NO2/c1-2-4-12-10(3-1)11(9-15-12)13-5-7-14-8-6-13/h1-4,9H,5-8H2. The van der Waals surface area contributed by atoms with Gasteiger partial charge >= 0.3 is 0 Å². The highest BCUT2D eigenvalue weighted by Gasteiger charge is 2.15. The molecule has 1 aliphatic rings. The fraction of sp³-hybridized carbons (Fsp3) is 0.333. The Balaban J connectivity index is 2.02. The van der Waals surface area contributed by atoms with Crippen LogP contribution >= 0.6 is 0 Å². The Morgan fingerprint density at radius 2 is 1.87 bits per heavy atom. The molecule has 1 saturated heterocycles. The Labute approximate surface area is 88.2 Å². The Morgan fingerprint density at radius 1 is 1.07 bits per heavy atom. The maximum atomic E-state index is 5.52. The number of ether oxygens (including phenoxy) is 1. The topological polar surface area (TPSA) is 25.6 Å². The summed E-state index contributed by atoms with van der Waals surface area (Å²) in [6.07, 6.45) is 1.84. The van der Waals surface area contributed by atoms with E-state index in [9.17, 15) is 0 Å². The van der Waals surface area contributed by atoms with Crippen molar-refractivity contribution in [3.8, 4) is 0 Å². The van der Waals surface area contributed by atoms with Crippen LogP contribution in [0.5, 0.6) is 0 Å². The van der Waals surface area contributed by atoms with Crippen LogP contribution in [0.3, 0.4) is 0 Å². The van der Waals surface area contributed by atoms with E-state index in [2.05, 4.69) is 11.0 Å². The van der Waals surface area contributed by atoms with Gasteiger partial charge in [-0.05, 0) is 12.1 Å². The molecular formula is C12H13NO2. The molecule has 0 saturated carbocycles.